The number of nitrogens with one attached hydrogen (secondary N) is 1. The van der Waals surface area contributed by atoms with Crippen molar-refractivity contribution in [2.75, 3.05) is 0 Å². The van der Waals surface area contributed by atoms with Gasteiger partial charge in [0, 0.05) is 11.8 Å². The number of rotatable bonds is 3. The van der Waals surface area contributed by atoms with Crippen LogP contribution >= 0.6 is 0 Å². The highest BCUT2D eigenvalue weighted by atomic mass is 32.2. The summed E-state index contributed by atoms with van der Waals surface area (Å²) in [7, 11) is -3.58. The van der Waals surface area contributed by atoms with Gasteiger partial charge in [-0.2, -0.15) is 0 Å². The average Bonchev–Trinajstić information content (AvgIpc) is 2.91. The number of aromatic amines is 1. The minimum absolute atomic E-state index is 0.253. The predicted molar refractivity (Wildman–Crippen MR) is 92.3 cm³/mol. The second kappa shape index (κ2) is 5.70. The third kappa shape index (κ3) is 2.82. The molecule has 118 valence electrons. The van der Waals surface area contributed by atoms with Crippen molar-refractivity contribution in [3.63, 3.8) is 0 Å². The minimum atomic E-state index is -3.58. The Bertz CT molecular complexity index is 934. The molecule has 1 N–H and O–H groups in total. The topological polar surface area (TPSA) is 49.9 Å². The molecule has 0 radical (unpaired) electrons. The van der Waals surface area contributed by atoms with Crippen LogP contribution < -0.4 is 0 Å². The molecule has 3 nitrogen and oxygen atoms in total. The maximum absolute atomic E-state index is 13.0. The number of benzene rings is 2. The lowest BCUT2D eigenvalue weighted by Crippen LogP contribution is -2.04. The molecular weight excluding hydrogens is 306 g/mol. The molecule has 4 heteroatoms. The molecule has 0 aliphatic carbocycles. The summed E-state index contributed by atoms with van der Waals surface area (Å²) in [5.74, 6) is 0. The van der Waals surface area contributed by atoms with E-state index in [9.17, 15) is 8.42 Å². The van der Waals surface area contributed by atoms with Gasteiger partial charge < -0.3 is 4.98 Å². The van der Waals surface area contributed by atoms with Crippen molar-refractivity contribution < 1.29 is 8.42 Å². The van der Waals surface area contributed by atoms with E-state index >= 15 is 0 Å². The van der Waals surface area contributed by atoms with Crippen LogP contribution in [0.15, 0.2) is 64.6 Å². The zero-order chi connectivity index (χ0) is 16.6. The second-order valence-electron chi connectivity index (χ2n) is 5.86. The van der Waals surface area contributed by atoms with E-state index in [1.807, 2.05) is 57.2 Å². The number of sulfone groups is 1. The first-order chi connectivity index (χ1) is 10.9. The third-order valence-electron chi connectivity index (χ3n) is 3.98. The summed E-state index contributed by atoms with van der Waals surface area (Å²) < 4.78 is 26.0. The van der Waals surface area contributed by atoms with Crippen molar-refractivity contribution in [1.82, 2.24) is 4.98 Å². The van der Waals surface area contributed by atoms with Gasteiger partial charge in [0.1, 0.15) is 5.03 Å². The Morgan fingerprint density at radius 3 is 1.87 bits per heavy atom. The van der Waals surface area contributed by atoms with E-state index < -0.39 is 9.84 Å². The molecule has 23 heavy (non-hydrogen) atoms. The van der Waals surface area contributed by atoms with Gasteiger partial charge in [-0.25, -0.2) is 8.42 Å². The van der Waals surface area contributed by atoms with Crippen LogP contribution in [0.1, 0.15) is 16.7 Å². The maximum atomic E-state index is 13.0. The summed E-state index contributed by atoms with van der Waals surface area (Å²) in [5.41, 5.74) is 4.74. The van der Waals surface area contributed by atoms with Gasteiger partial charge in [-0.3, -0.25) is 0 Å². The Morgan fingerprint density at radius 2 is 1.30 bits per heavy atom. The summed E-state index contributed by atoms with van der Waals surface area (Å²) in [6, 6.07) is 14.8. The molecule has 0 bridgehead atoms. The van der Waals surface area contributed by atoms with Gasteiger partial charge in [-0.15, -0.1) is 0 Å². The van der Waals surface area contributed by atoms with E-state index in [-0.39, 0.29) is 5.03 Å². The molecule has 0 aliphatic heterocycles. The van der Waals surface area contributed by atoms with Crippen LogP contribution in [0.25, 0.3) is 11.1 Å². The monoisotopic (exact) mass is 325 g/mol. The quantitative estimate of drug-likeness (QED) is 0.774. The van der Waals surface area contributed by atoms with Crippen LogP contribution in [-0.4, -0.2) is 13.4 Å². The Balaban J connectivity index is 2.18. The van der Waals surface area contributed by atoms with Gasteiger partial charge in [-0.1, -0.05) is 47.5 Å². The van der Waals surface area contributed by atoms with Crippen molar-refractivity contribution in [2.45, 2.75) is 30.7 Å². The molecule has 0 spiro atoms. The van der Waals surface area contributed by atoms with Crippen LogP contribution in [0.2, 0.25) is 0 Å². The van der Waals surface area contributed by atoms with E-state index in [2.05, 4.69) is 4.98 Å². The van der Waals surface area contributed by atoms with Gasteiger partial charge in [0.15, 0.2) is 0 Å². The second-order valence-corrected chi connectivity index (χ2v) is 7.74. The molecule has 0 fully saturated rings. The number of H-pyrrole nitrogens is 1. The van der Waals surface area contributed by atoms with Crippen LogP contribution in [-0.2, 0) is 9.84 Å². The molecule has 1 aromatic heterocycles. The summed E-state index contributed by atoms with van der Waals surface area (Å²) in [5, 5.41) is 0.253. The molecule has 0 saturated carbocycles. The van der Waals surface area contributed by atoms with E-state index in [1.165, 1.54) is 0 Å². The summed E-state index contributed by atoms with van der Waals surface area (Å²) in [4.78, 5) is 3.26. The number of aromatic nitrogens is 1. The number of aryl methyl sites for hydroxylation is 3. The molecule has 2 aromatic carbocycles. The van der Waals surface area contributed by atoms with Gasteiger partial charge in [-0.05, 0) is 44.0 Å². The first-order valence-corrected chi connectivity index (χ1v) is 8.94. The highest BCUT2D eigenvalue weighted by Crippen LogP contribution is 2.33. The van der Waals surface area contributed by atoms with E-state index in [4.69, 9.17) is 0 Å². The molecule has 0 amide bonds. The normalized spacial score (nSPS) is 11.6. The third-order valence-corrected chi connectivity index (χ3v) is 5.73. The van der Waals surface area contributed by atoms with Crippen molar-refractivity contribution in [3.8, 4) is 11.1 Å². The van der Waals surface area contributed by atoms with Crippen LogP contribution in [0.5, 0.6) is 0 Å². The fourth-order valence-electron chi connectivity index (χ4n) is 2.62. The zero-order valence-corrected chi connectivity index (χ0v) is 14.2. The molecule has 3 aromatic rings. The molecule has 0 saturated heterocycles. The predicted octanol–water partition coefficient (Wildman–Crippen LogP) is 4.44. The lowest BCUT2D eigenvalue weighted by Gasteiger charge is -2.08. The van der Waals surface area contributed by atoms with Gasteiger partial charge in [0.05, 0.1) is 4.90 Å². The fraction of sp³-hybridized carbons (Fsp3) is 0.158. The summed E-state index contributed by atoms with van der Waals surface area (Å²) in [6.07, 6.45) is 1.75. The molecule has 0 atom stereocenters. The van der Waals surface area contributed by atoms with Crippen molar-refractivity contribution in [1.29, 1.82) is 0 Å². The largest absolute Gasteiger partial charge is 0.351 e. The van der Waals surface area contributed by atoms with Gasteiger partial charge in [0.2, 0.25) is 9.84 Å². The Morgan fingerprint density at radius 1 is 0.783 bits per heavy atom. The van der Waals surface area contributed by atoms with Crippen LogP contribution in [0.3, 0.4) is 0 Å². The molecular formula is C19H19NO2S. The molecule has 0 unspecified atom stereocenters. The number of hydrogen-bond acceptors (Lipinski definition) is 2. The Kier molecular flexibility index (Phi) is 3.86. The maximum Gasteiger partial charge on any atom is 0.222 e. The van der Waals surface area contributed by atoms with Gasteiger partial charge >= 0.3 is 0 Å². The lowest BCUT2D eigenvalue weighted by molar-refractivity contribution is 0.593. The fourth-order valence-corrected chi connectivity index (χ4v) is 4.12. The summed E-state index contributed by atoms with van der Waals surface area (Å²) >= 11 is 0. The molecule has 0 aliphatic rings. The first kappa shape index (κ1) is 15.6. The molecule has 1 heterocycles. The van der Waals surface area contributed by atoms with Crippen molar-refractivity contribution >= 4 is 9.84 Å². The first-order valence-electron chi connectivity index (χ1n) is 7.46. The molecule has 3 rings (SSSR count). The lowest BCUT2D eigenvalue weighted by atomic mass is 10.0. The van der Waals surface area contributed by atoms with Crippen LogP contribution in [0, 0.1) is 20.8 Å². The average molecular weight is 325 g/mol. The highest BCUT2D eigenvalue weighted by Gasteiger charge is 2.24. The minimum Gasteiger partial charge on any atom is -0.351 e. The Hall–Kier alpha value is -2.33. The van der Waals surface area contributed by atoms with E-state index in [1.54, 1.807) is 18.3 Å². The smallest absolute Gasteiger partial charge is 0.222 e. The van der Waals surface area contributed by atoms with Gasteiger partial charge in [0.25, 0.3) is 0 Å². The standard InChI is InChI=1S/C19H19NO2S/c1-13-4-8-16(9-5-13)18-15(3)12-20-19(18)23(21,22)17-10-6-14(2)7-11-17/h4-12,20H,1-3H3. The van der Waals surface area contributed by atoms with Crippen molar-refractivity contribution in [3.05, 3.63) is 71.4 Å². The SMILES string of the molecule is Cc1ccc(-c2c(C)c[nH]c2S(=O)(=O)c2ccc(C)cc2)cc1. The van der Waals surface area contributed by atoms with Crippen molar-refractivity contribution in [2.24, 2.45) is 0 Å². The summed E-state index contributed by atoms with van der Waals surface area (Å²) in [6.45, 7) is 5.87. The highest BCUT2D eigenvalue weighted by molar-refractivity contribution is 7.91. The van der Waals surface area contributed by atoms with E-state index in [0.29, 0.717) is 4.90 Å². The Labute approximate surface area is 136 Å². The van der Waals surface area contributed by atoms with E-state index in [0.717, 1.165) is 27.8 Å². The zero-order valence-electron chi connectivity index (χ0n) is 13.4. The number of hydrogen-bond donors (Lipinski definition) is 1. The van der Waals surface area contributed by atoms with Crippen LogP contribution in [0.4, 0.5) is 0 Å².